The van der Waals surface area contributed by atoms with Gasteiger partial charge in [-0.1, -0.05) is 23.7 Å². The molecule has 2 rings (SSSR count). The van der Waals surface area contributed by atoms with Crippen LogP contribution in [0.3, 0.4) is 0 Å². The van der Waals surface area contributed by atoms with Crippen LogP contribution in [0.15, 0.2) is 36.5 Å². The van der Waals surface area contributed by atoms with Crippen LogP contribution in [0.5, 0.6) is 0 Å². The van der Waals surface area contributed by atoms with Gasteiger partial charge in [0.05, 0.1) is 7.11 Å². The van der Waals surface area contributed by atoms with E-state index in [1.54, 1.807) is 6.20 Å². The number of pyridine rings is 1. The summed E-state index contributed by atoms with van der Waals surface area (Å²) in [5.41, 5.74) is 2.26. The van der Waals surface area contributed by atoms with Crippen molar-refractivity contribution in [2.45, 2.75) is 0 Å². The molecule has 92 valence electrons. The number of nitrogens with zero attached hydrogens (tertiary/aromatic N) is 1. The Bertz CT molecular complexity index is 584. The lowest BCUT2D eigenvalue weighted by atomic mass is 10.1. The smallest absolute Gasteiger partial charge is 0.357 e. The first kappa shape index (κ1) is 13.3. The topological polar surface area (TPSA) is 39.2 Å². The highest BCUT2D eigenvalue weighted by Gasteiger charge is 2.12. The predicted octanol–water partition coefficient (Wildman–Crippen LogP) is 3.79. The molecule has 0 N–H and O–H groups in total. The molecule has 1 aromatic heterocycles. The average molecular weight is 374 g/mol. The number of carbonyl (C=O) groups is 1. The lowest BCUT2D eigenvalue weighted by molar-refractivity contribution is 0.0593. The molecule has 2 aromatic rings. The Hall–Kier alpha value is -1.14. The fourth-order valence-electron chi connectivity index (χ4n) is 1.48. The third-order valence-electron chi connectivity index (χ3n) is 2.40. The number of halogens is 2. The van der Waals surface area contributed by atoms with Crippen molar-refractivity contribution in [3.05, 3.63) is 50.8 Å². The highest BCUT2D eigenvalue weighted by Crippen LogP contribution is 2.23. The summed E-state index contributed by atoms with van der Waals surface area (Å²) in [4.78, 5) is 15.6. The Kier molecular flexibility index (Phi) is 4.19. The molecule has 0 spiro atoms. The quantitative estimate of drug-likeness (QED) is 0.594. The molecule has 0 saturated carbocycles. The fourth-order valence-corrected chi connectivity index (χ4v) is 2.31. The Balaban J connectivity index is 2.40. The monoisotopic (exact) mass is 373 g/mol. The van der Waals surface area contributed by atoms with E-state index < -0.39 is 5.97 Å². The van der Waals surface area contributed by atoms with Gasteiger partial charge in [0, 0.05) is 20.4 Å². The van der Waals surface area contributed by atoms with Gasteiger partial charge in [-0.05, 0) is 46.4 Å². The zero-order valence-electron chi connectivity index (χ0n) is 9.48. The number of hydrogen-bond donors (Lipinski definition) is 0. The molecule has 0 atom stereocenters. The van der Waals surface area contributed by atoms with E-state index in [1.807, 2.05) is 30.3 Å². The molecule has 1 heterocycles. The molecule has 0 aliphatic heterocycles. The number of aromatic nitrogens is 1. The third-order valence-corrected chi connectivity index (χ3v) is 3.47. The largest absolute Gasteiger partial charge is 0.464 e. The number of methoxy groups -OCH3 is 1. The Labute approximate surface area is 123 Å². The van der Waals surface area contributed by atoms with E-state index in [9.17, 15) is 4.79 Å². The van der Waals surface area contributed by atoms with Gasteiger partial charge in [0.25, 0.3) is 0 Å². The minimum atomic E-state index is -0.429. The van der Waals surface area contributed by atoms with Crippen molar-refractivity contribution in [1.82, 2.24) is 4.98 Å². The van der Waals surface area contributed by atoms with Crippen LogP contribution in [0, 0.1) is 3.57 Å². The molecule has 5 heteroatoms. The van der Waals surface area contributed by atoms with Crippen molar-refractivity contribution in [3.8, 4) is 11.1 Å². The van der Waals surface area contributed by atoms with E-state index in [0.29, 0.717) is 10.7 Å². The molecule has 0 radical (unpaired) electrons. The lowest BCUT2D eigenvalue weighted by Gasteiger charge is -2.05. The summed E-state index contributed by atoms with van der Waals surface area (Å²) >= 11 is 7.91. The van der Waals surface area contributed by atoms with Crippen molar-refractivity contribution < 1.29 is 9.53 Å². The number of rotatable bonds is 2. The van der Waals surface area contributed by atoms with E-state index in [1.165, 1.54) is 7.11 Å². The summed E-state index contributed by atoms with van der Waals surface area (Å²) in [7, 11) is 1.34. The molecule has 0 aliphatic rings. The van der Waals surface area contributed by atoms with Crippen molar-refractivity contribution in [3.63, 3.8) is 0 Å². The highest BCUT2D eigenvalue weighted by molar-refractivity contribution is 14.1. The minimum absolute atomic E-state index is 0.329. The first-order chi connectivity index (χ1) is 8.61. The van der Waals surface area contributed by atoms with Crippen LogP contribution in [-0.4, -0.2) is 18.1 Å². The number of ether oxygens (including phenoxy) is 1. The van der Waals surface area contributed by atoms with Crippen molar-refractivity contribution in [2.75, 3.05) is 7.11 Å². The first-order valence-electron chi connectivity index (χ1n) is 5.11. The van der Waals surface area contributed by atoms with Gasteiger partial charge >= 0.3 is 5.97 Å². The van der Waals surface area contributed by atoms with Crippen LogP contribution in [0.4, 0.5) is 0 Å². The second-order valence-corrected chi connectivity index (χ2v) is 5.15. The molecule has 0 bridgehead atoms. The van der Waals surface area contributed by atoms with Gasteiger partial charge in [-0.25, -0.2) is 9.78 Å². The fraction of sp³-hybridized carbons (Fsp3) is 0.0769. The van der Waals surface area contributed by atoms with E-state index in [0.717, 1.165) is 14.7 Å². The van der Waals surface area contributed by atoms with Crippen molar-refractivity contribution in [2.24, 2.45) is 0 Å². The summed E-state index contributed by atoms with van der Waals surface area (Å²) in [5, 5.41) is 0.688. The maximum Gasteiger partial charge on any atom is 0.357 e. The number of esters is 1. The summed E-state index contributed by atoms with van der Waals surface area (Å²) in [6, 6.07) is 9.35. The van der Waals surface area contributed by atoms with Gasteiger partial charge in [-0.15, -0.1) is 0 Å². The molecule has 0 saturated heterocycles. The lowest BCUT2D eigenvalue weighted by Crippen LogP contribution is -2.06. The zero-order chi connectivity index (χ0) is 13.1. The maximum absolute atomic E-state index is 11.4. The zero-order valence-corrected chi connectivity index (χ0v) is 12.4. The predicted molar refractivity (Wildman–Crippen MR) is 78.7 cm³/mol. The second-order valence-electron chi connectivity index (χ2n) is 3.55. The van der Waals surface area contributed by atoms with E-state index >= 15 is 0 Å². The second kappa shape index (κ2) is 5.67. The summed E-state index contributed by atoms with van der Waals surface area (Å²) in [6.45, 7) is 0. The van der Waals surface area contributed by atoms with Crippen molar-refractivity contribution >= 4 is 40.2 Å². The van der Waals surface area contributed by atoms with Crippen LogP contribution in [0.25, 0.3) is 11.1 Å². The molecule has 1 aromatic carbocycles. The van der Waals surface area contributed by atoms with Gasteiger partial charge in [0.2, 0.25) is 0 Å². The maximum atomic E-state index is 11.4. The van der Waals surface area contributed by atoms with Gasteiger partial charge in [-0.3, -0.25) is 0 Å². The Morgan fingerprint density at radius 1 is 1.28 bits per heavy atom. The molecular formula is C13H9ClINO2. The summed E-state index contributed by atoms with van der Waals surface area (Å²) in [6.07, 6.45) is 1.65. The van der Waals surface area contributed by atoms with E-state index in [4.69, 9.17) is 11.6 Å². The number of benzene rings is 1. The van der Waals surface area contributed by atoms with Gasteiger partial charge in [0.15, 0.2) is 5.69 Å². The summed E-state index contributed by atoms with van der Waals surface area (Å²) < 4.78 is 5.41. The highest BCUT2D eigenvalue weighted by atomic mass is 127. The van der Waals surface area contributed by atoms with Crippen LogP contribution >= 0.6 is 34.2 Å². The molecule has 18 heavy (non-hydrogen) atoms. The minimum Gasteiger partial charge on any atom is -0.464 e. The van der Waals surface area contributed by atoms with Gasteiger partial charge in [-0.2, -0.15) is 0 Å². The normalized spacial score (nSPS) is 10.2. The SMILES string of the molecule is COC(=O)c1ncc(-c2ccc(Cl)cc2)cc1I. The van der Waals surface area contributed by atoms with Gasteiger partial charge in [0.1, 0.15) is 0 Å². The number of carbonyl (C=O) groups excluding carboxylic acids is 1. The molecule has 0 amide bonds. The standard InChI is InChI=1S/C13H9ClINO2/c1-18-13(17)12-11(15)6-9(7-16-12)8-2-4-10(14)5-3-8/h2-7H,1H3. The molecule has 0 fully saturated rings. The van der Waals surface area contributed by atoms with Crippen LogP contribution < -0.4 is 0 Å². The third kappa shape index (κ3) is 2.81. The van der Waals surface area contributed by atoms with E-state index in [-0.39, 0.29) is 0 Å². The van der Waals surface area contributed by atoms with Crippen LogP contribution in [-0.2, 0) is 4.74 Å². The Morgan fingerprint density at radius 2 is 1.94 bits per heavy atom. The molecule has 3 nitrogen and oxygen atoms in total. The average Bonchev–Trinajstić information content (AvgIpc) is 2.38. The molecular weight excluding hydrogens is 365 g/mol. The van der Waals surface area contributed by atoms with Crippen LogP contribution in [0.2, 0.25) is 5.02 Å². The van der Waals surface area contributed by atoms with Crippen LogP contribution in [0.1, 0.15) is 10.5 Å². The molecule has 0 aliphatic carbocycles. The van der Waals surface area contributed by atoms with Gasteiger partial charge < -0.3 is 4.74 Å². The summed E-state index contributed by atoms with van der Waals surface area (Å²) in [5.74, 6) is -0.429. The van der Waals surface area contributed by atoms with Crippen molar-refractivity contribution in [1.29, 1.82) is 0 Å². The number of hydrogen-bond acceptors (Lipinski definition) is 3. The van der Waals surface area contributed by atoms with E-state index in [2.05, 4.69) is 32.3 Å². The first-order valence-corrected chi connectivity index (χ1v) is 6.57. The molecule has 0 unspecified atom stereocenters. The Morgan fingerprint density at radius 3 is 2.50 bits per heavy atom.